The van der Waals surface area contributed by atoms with Gasteiger partial charge >= 0.3 is 0 Å². The molecule has 0 aliphatic carbocycles. The lowest BCUT2D eigenvalue weighted by molar-refractivity contribution is -0.117. The van der Waals surface area contributed by atoms with Crippen LogP contribution in [-0.2, 0) is 4.79 Å². The SMILES string of the molecule is Cc1cncc(N2CC(Cl)CC2=O)c1. The molecule has 0 N–H and O–H groups in total. The molecule has 4 heteroatoms. The van der Waals surface area contributed by atoms with E-state index in [1.165, 1.54) is 0 Å². The number of carbonyl (C=O) groups is 1. The summed E-state index contributed by atoms with van der Waals surface area (Å²) in [5.41, 5.74) is 1.89. The van der Waals surface area contributed by atoms with Gasteiger partial charge in [-0.05, 0) is 18.6 Å². The quantitative estimate of drug-likeness (QED) is 0.662. The first-order valence-electron chi connectivity index (χ1n) is 4.53. The van der Waals surface area contributed by atoms with E-state index in [9.17, 15) is 4.79 Å². The van der Waals surface area contributed by atoms with Gasteiger partial charge in [-0.25, -0.2) is 0 Å². The topological polar surface area (TPSA) is 33.2 Å². The third-order valence-electron chi connectivity index (χ3n) is 2.25. The summed E-state index contributed by atoms with van der Waals surface area (Å²) < 4.78 is 0. The highest BCUT2D eigenvalue weighted by molar-refractivity contribution is 6.24. The van der Waals surface area contributed by atoms with Crippen LogP contribution in [-0.4, -0.2) is 22.8 Å². The van der Waals surface area contributed by atoms with Crippen molar-refractivity contribution in [2.45, 2.75) is 18.7 Å². The van der Waals surface area contributed by atoms with Gasteiger partial charge in [-0.2, -0.15) is 0 Å². The maximum atomic E-state index is 11.5. The molecule has 3 nitrogen and oxygen atoms in total. The Morgan fingerprint density at radius 3 is 2.93 bits per heavy atom. The van der Waals surface area contributed by atoms with Crippen molar-refractivity contribution in [2.75, 3.05) is 11.4 Å². The Balaban J connectivity index is 2.27. The van der Waals surface area contributed by atoms with Crippen LogP contribution >= 0.6 is 11.6 Å². The standard InChI is InChI=1S/C10H11ClN2O/c1-7-2-9(5-12-4-7)13-6-8(11)3-10(13)14/h2,4-5,8H,3,6H2,1H3. The number of carbonyl (C=O) groups excluding carboxylic acids is 1. The van der Waals surface area contributed by atoms with Crippen molar-refractivity contribution in [1.82, 2.24) is 4.98 Å². The molecular formula is C10H11ClN2O. The molecule has 0 radical (unpaired) electrons. The van der Waals surface area contributed by atoms with Crippen molar-refractivity contribution in [3.63, 3.8) is 0 Å². The van der Waals surface area contributed by atoms with Gasteiger partial charge in [0.25, 0.3) is 0 Å². The second-order valence-electron chi connectivity index (χ2n) is 3.53. The monoisotopic (exact) mass is 210 g/mol. The van der Waals surface area contributed by atoms with Gasteiger partial charge in [0, 0.05) is 19.2 Å². The van der Waals surface area contributed by atoms with E-state index in [4.69, 9.17) is 11.6 Å². The predicted molar refractivity (Wildman–Crippen MR) is 55.6 cm³/mol. The first-order chi connectivity index (χ1) is 6.66. The van der Waals surface area contributed by atoms with Crippen molar-refractivity contribution in [3.8, 4) is 0 Å². The zero-order valence-electron chi connectivity index (χ0n) is 7.90. The summed E-state index contributed by atoms with van der Waals surface area (Å²) in [6, 6.07) is 1.94. The third-order valence-corrected chi connectivity index (χ3v) is 2.54. The lowest BCUT2D eigenvalue weighted by atomic mass is 10.3. The molecule has 0 bridgehead atoms. The molecule has 1 aromatic rings. The molecule has 1 aliphatic heterocycles. The fourth-order valence-corrected chi connectivity index (χ4v) is 1.87. The summed E-state index contributed by atoms with van der Waals surface area (Å²) in [7, 11) is 0. The maximum Gasteiger partial charge on any atom is 0.228 e. The molecule has 1 atom stereocenters. The molecule has 2 rings (SSSR count). The number of aromatic nitrogens is 1. The lowest BCUT2D eigenvalue weighted by Crippen LogP contribution is -2.24. The van der Waals surface area contributed by atoms with E-state index >= 15 is 0 Å². The second-order valence-corrected chi connectivity index (χ2v) is 4.14. The van der Waals surface area contributed by atoms with Crippen LogP contribution in [0.3, 0.4) is 0 Å². The van der Waals surface area contributed by atoms with Crippen LogP contribution in [0, 0.1) is 6.92 Å². The van der Waals surface area contributed by atoms with Crippen LogP contribution in [0.1, 0.15) is 12.0 Å². The van der Waals surface area contributed by atoms with Gasteiger partial charge in [0.1, 0.15) is 0 Å². The summed E-state index contributed by atoms with van der Waals surface area (Å²) in [6.07, 6.45) is 3.89. The van der Waals surface area contributed by atoms with E-state index in [-0.39, 0.29) is 11.3 Å². The van der Waals surface area contributed by atoms with E-state index < -0.39 is 0 Å². The Bertz CT molecular complexity index is 367. The Kier molecular flexibility index (Phi) is 2.42. The molecule has 14 heavy (non-hydrogen) atoms. The summed E-state index contributed by atoms with van der Waals surface area (Å²) in [5.74, 6) is 0.0809. The van der Waals surface area contributed by atoms with Crippen LogP contribution in [0.4, 0.5) is 5.69 Å². The minimum atomic E-state index is -0.0667. The van der Waals surface area contributed by atoms with Crippen LogP contribution in [0.5, 0.6) is 0 Å². The maximum absolute atomic E-state index is 11.5. The zero-order valence-corrected chi connectivity index (χ0v) is 8.66. The second kappa shape index (κ2) is 3.58. The Hall–Kier alpha value is -1.09. The molecule has 1 aromatic heterocycles. The average molecular weight is 211 g/mol. The summed E-state index contributed by atoms with van der Waals surface area (Å²) in [5, 5.41) is -0.0667. The smallest absolute Gasteiger partial charge is 0.228 e. The molecule has 0 saturated carbocycles. The number of rotatable bonds is 1. The largest absolute Gasteiger partial charge is 0.309 e. The van der Waals surface area contributed by atoms with Crippen molar-refractivity contribution in [3.05, 3.63) is 24.0 Å². The summed E-state index contributed by atoms with van der Waals surface area (Å²) >= 11 is 5.91. The highest BCUT2D eigenvalue weighted by atomic mass is 35.5. The number of pyridine rings is 1. The molecule has 1 saturated heterocycles. The van der Waals surface area contributed by atoms with Crippen LogP contribution in [0.25, 0.3) is 0 Å². The Morgan fingerprint density at radius 2 is 2.36 bits per heavy atom. The number of anilines is 1. The number of nitrogens with zero attached hydrogens (tertiary/aromatic N) is 2. The number of hydrogen-bond acceptors (Lipinski definition) is 2. The number of alkyl halides is 1. The van der Waals surface area contributed by atoms with Crippen molar-refractivity contribution >= 4 is 23.2 Å². The van der Waals surface area contributed by atoms with E-state index in [0.29, 0.717) is 13.0 Å². The van der Waals surface area contributed by atoms with Gasteiger partial charge in [-0.1, -0.05) is 0 Å². The molecule has 1 unspecified atom stereocenters. The first-order valence-corrected chi connectivity index (χ1v) is 4.96. The molecule has 1 fully saturated rings. The van der Waals surface area contributed by atoms with Gasteiger partial charge in [-0.15, -0.1) is 11.6 Å². The van der Waals surface area contributed by atoms with Crippen molar-refractivity contribution < 1.29 is 4.79 Å². The van der Waals surface area contributed by atoms with E-state index in [1.54, 1.807) is 17.3 Å². The number of aryl methyl sites for hydroxylation is 1. The van der Waals surface area contributed by atoms with Crippen molar-refractivity contribution in [1.29, 1.82) is 0 Å². The molecule has 0 spiro atoms. The number of halogens is 1. The number of hydrogen-bond donors (Lipinski definition) is 0. The van der Waals surface area contributed by atoms with Gasteiger partial charge in [0.2, 0.25) is 5.91 Å². The van der Waals surface area contributed by atoms with E-state index in [0.717, 1.165) is 11.3 Å². The molecular weight excluding hydrogens is 200 g/mol. The Labute approximate surface area is 87.7 Å². The Morgan fingerprint density at radius 1 is 1.57 bits per heavy atom. The lowest BCUT2D eigenvalue weighted by Gasteiger charge is -2.15. The average Bonchev–Trinajstić information content (AvgIpc) is 2.45. The van der Waals surface area contributed by atoms with Crippen LogP contribution in [0.2, 0.25) is 0 Å². The number of amides is 1. The molecule has 74 valence electrons. The van der Waals surface area contributed by atoms with Gasteiger partial charge in [0.15, 0.2) is 0 Å². The van der Waals surface area contributed by atoms with Crippen LogP contribution < -0.4 is 4.90 Å². The molecule has 2 heterocycles. The van der Waals surface area contributed by atoms with Gasteiger partial charge < -0.3 is 4.90 Å². The van der Waals surface area contributed by atoms with Gasteiger partial charge in [0.05, 0.1) is 17.3 Å². The third kappa shape index (κ3) is 1.73. The highest BCUT2D eigenvalue weighted by Gasteiger charge is 2.29. The predicted octanol–water partition coefficient (Wildman–Crippen LogP) is 1.73. The molecule has 1 amide bonds. The fourth-order valence-electron chi connectivity index (χ4n) is 1.60. The van der Waals surface area contributed by atoms with E-state index in [1.807, 2.05) is 13.0 Å². The summed E-state index contributed by atoms with van der Waals surface area (Å²) in [4.78, 5) is 17.3. The van der Waals surface area contributed by atoms with E-state index in [2.05, 4.69) is 4.98 Å². The van der Waals surface area contributed by atoms with Crippen LogP contribution in [0.15, 0.2) is 18.5 Å². The first kappa shape index (κ1) is 9.46. The van der Waals surface area contributed by atoms with Gasteiger partial charge in [-0.3, -0.25) is 9.78 Å². The molecule has 0 aromatic carbocycles. The molecule has 1 aliphatic rings. The normalized spacial score (nSPS) is 21.7. The van der Waals surface area contributed by atoms with Crippen molar-refractivity contribution in [2.24, 2.45) is 0 Å². The minimum Gasteiger partial charge on any atom is -0.309 e. The summed E-state index contributed by atoms with van der Waals surface area (Å²) in [6.45, 7) is 2.54. The highest BCUT2D eigenvalue weighted by Crippen LogP contribution is 2.23. The fraction of sp³-hybridized carbons (Fsp3) is 0.400. The zero-order chi connectivity index (χ0) is 10.1. The minimum absolute atomic E-state index is 0.0667.